The Labute approximate surface area is 164 Å². The molecule has 0 aliphatic carbocycles. The van der Waals surface area contributed by atoms with Gasteiger partial charge >= 0.3 is 0 Å². The predicted molar refractivity (Wildman–Crippen MR) is 102 cm³/mol. The van der Waals surface area contributed by atoms with Crippen LogP contribution in [-0.4, -0.2) is 32.9 Å². The molecule has 0 heterocycles. The molecule has 0 unspecified atom stereocenters. The maximum Gasteiger partial charge on any atom is 0.271 e. The number of anilines is 1. The van der Waals surface area contributed by atoms with Gasteiger partial charge in [0.2, 0.25) is 15.9 Å². The first-order valence-corrected chi connectivity index (χ1v) is 9.88. The molecule has 0 aliphatic heterocycles. The number of rotatable bonds is 8. The average Bonchev–Trinajstić information content (AvgIpc) is 2.61. The number of nitro groups is 1. The van der Waals surface area contributed by atoms with E-state index in [2.05, 4.69) is 26.0 Å². The van der Waals surface area contributed by atoms with Gasteiger partial charge in [-0.05, 0) is 30.3 Å². The topological polar surface area (TPSA) is 128 Å². The molecule has 2 aromatic rings. The Bertz CT molecular complexity index is 947. The Balaban J connectivity index is 1.97. The zero-order chi connectivity index (χ0) is 20.0. The maximum absolute atomic E-state index is 12.2. The minimum absolute atomic E-state index is 0.0754. The van der Waals surface area contributed by atoms with Crippen LogP contribution < -0.4 is 14.8 Å². The van der Waals surface area contributed by atoms with Crippen LogP contribution in [0.4, 0.5) is 11.4 Å². The van der Waals surface area contributed by atoms with E-state index in [-0.39, 0.29) is 35.0 Å². The molecule has 0 atom stereocenters. The lowest BCUT2D eigenvalue weighted by Gasteiger charge is -2.10. The smallest absolute Gasteiger partial charge is 0.271 e. The van der Waals surface area contributed by atoms with Gasteiger partial charge in [-0.1, -0.05) is 15.9 Å². The first-order valence-electron chi connectivity index (χ1n) is 7.60. The Morgan fingerprint density at radius 2 is 1.89 bits per heavy atom. The number of methoxy groups -OCH3 is 1. The van der Waals surface area contributed by atoms with Gasteiger partial charge in [-0.15, -0.1) is 0 Å². The molecule has 0 aromatic heterocycles. The summed E-state index contributed by atoms with van der Waals surface area (Å²) in [7, 11) is -2.38. The molecule has 0 saturated carbocycles. The zero-order valence-electron chi connectivity index (χ0n) is 14.1. The van der Waals surface area contributed by atoms with Gasteiger partial charge in [-0.3, -0.25) is 14.9 Å². The molecular weight excluding hydrogens is 442 g/mol. The lowest BCUT2D eigenvalue weighted by Crippen LogP contribution is -2.27. The first kappa shape index (κ1) is 20.8. The fourth-order valence-corrected chi connectivity index (χ4v) is 3.41. The molecule has 144 valence electrons. The van der Waals surface area contributed by atoms with Crippen molar-refractivity contribution in [1.82, 2.24) is 4.72 Å². The van der Waals surface area contributed by atoms with E-state index < -0.39 is 20.9 Å². The molecular formula is C16H16BrN3O6S. The SMILES string of the molecule is COc1ccc([N+](=O)[O-])cc1NC(=O)CCNS(=O)(=O)c1ccc(Br)cc1. The molecule has 9 nitrogen and oxygen atoms in total. The lowest BCUT2D eigenvalue weighted by atomic mass is 10.2. The van der Waals surface area contributed by atoms with Crippen molar-refractivity contribution >= 4 is 43.2 Å². The Morgan fingerprint density at radius 3 is 2.48 bits per heavy atom. The molecule has 2 rings (SSSR count). The summed E-state index contributed by atoms with van der Waals surface area (Å²) in [5.41, 5.74) is -0.0745. The highest BCUT2D eigenvalue weighted by atomic mass is 79.9. The van der Waals surface area contributed by atoms with Gasteiger partial charge in [0.25, 0.3) is 5.69 Å². The third-order valence-electron chi connectivity index (χ3n) is 3.44. The van der Waals surface area contributed by atoms with Gasteiger partial charge < -0.3 is 10.1 Å². The quantitative estimate of drug-likeness (QED) is 0.463. The summed E-state index contributed by atoms with van der Waals surface area (Å²) in [5, 5.41) is 13.3. The predicted octanol–water partition coefficient (Wildman–Crippen LogP) is 2.67. The monoisotopic (exact) mass is 457 g/mol. The summed E-state index contributed by atoms with van der Waals surface area (Å²) >= 11 is 3.22. The summed E-state index contributed by atoms with van der Waals surface area (Å²) in [6, 6.07) is 9.83. The van der Waals surface area contributed by atoms with Crippen LogP contribution in [-0.2, 0) is 14.8 Å². The largest absolute Gasteiger partial charge is 0.495 e. The van der Waals surface area contributed by atoms with E-state index in [0.29, 0.717) is 0 Å². The number of carbonyl (C=O) groups excluding carboxylic acids is 1. The number of nitro benzene ring substituents is 1. The molecule has 2 N–H and O–H groups in total. The molecule has 27 heavy (non-hydrogen) atoms. The van der Waals surface area contributed by atoms with E-state index in [1.54, 1.807) is 12.1 Å². The lowest BCUT2D eigenvalue weighted by molar-refractivity contribution is -0.384. The van der Waals surface area contributed by atoms with Gasteiger partial charge in [-0.2, -0.15) is 0 Å². The summed E-state index contributed by atoms with van der Waals surface area (Å²) in [6.45, 7) is -0.137. The van der Waals surface area contributed by atoms with E-state index in [1.807, 2.05) is 0 Å². The Hall–Kier alpha value is -2.50. The van der Waals surface area contributed by atoms with Gasteiger partial charge in [0.05, 0.1) is 22.6 Å². The summed E-state index contributed by atoms with van der Waals surface area (Å²) in [4.78, 5) is 22.4. The second-order valence-corrected chi connectivity index (χ2v) is 7.97. The van der Waals surface area contributed by atoms with E-state index in [1.165, 1.54) is 37.4 Å². The second-order valence-electron chi connectivity index (χ2n) is 5.29. The number of sulfonamides is 1. The van der Waals surface area contributed by atoms with Gasteiger partial charge in [0.15, 0.2) is 0 Å². The number of nitrogens with one attached hydrogen (secondary N) is 2. The molecule has 0 bridgehead atoms. The molecule has 0 saturated heterocycles. The van der Waals surface area contributed by atoms with Crippen LogP contribution in [0.5, 0.6) is 5.75 Å². The minimum atomic E-state index is -3.74. The first-order chi connectivity index (χ1) is 12.7. The van der Waals surface area contributed by atoms with E-state index in [4.69, 9.17) is 4.74 Å². The number of amides is 1. The number of benzene rings is 2. The summed E-state index contributed by atoms with van der Waals surface area (Å²) in [5.74, 6) is -0.267. The highest BCUT2D eigenvalue weighted by Crippen LogP contribution is 2.28. The van der Waals surface area contributed by atoms with Crippen molar-refractivity contribution in [3.05, 3.63) is 57.1 Å². The highest BCUT2D eigenvalue weighted by Gasteiger charge is 2.16. The van der Waals surface area contributed by atoms with Crippen molar-refractivity contribution in [3.8, 4) is 5.75 Å². The molecule has 0 aliphatic rings. The van der Waals surface area contributed by atoms with Crippen molar-refractivity contribution in [3.63, 3.8) is 0 Å². The van der Waals surface area contributed by atoms with Crippen LogP contribution in [0.25, 0.3) is 0 Å². The van der Waals surface area contributed by atoms with E-state index >= 15 is 0 Å². The molecule has 1 amide bonds. The van der Waals surface area contributed by atoms with E-state index in [9.17, 15) is 23.3 Å². The van der Waals surface area contributed by atoms with Crippen LogP contribution >= 0.6 is 15.9 Å². The number of ether oxygens (including phenoxy) is 1. The number of halogens is 1. The van der Waals surface area contributed by atoms with Crippen LogP contribution in [0.1, 0.15) is 6.42 Å². The van der Waals surface area contributed by atoms with Crippen molar-refractivity contribution in [1.29, 1.82) is 0 Å². The maximum atomic E-state index is 12.2. The Morgan fingerprint density at radius 1 is 1.22 bits per heavy atom. The molecule has 0 radical (unpaired) electrons. The van der Waals surface area contributed by atoms with Gasteiger partial charge in [-0.25, -0.2) is 13.1 Å². The van der Waals surface area contributed by atoms with Crippen molar-refractivity contribution in [2.24, 2.45) is 0 Å². The van der Waals surface area contributed by atoms with Crippen molar-refractivity contribution < 1.29 is 22.9 Å². The number of nitrogens with zero attached hydrogens (tertiary/aromatic N) is 1. The third kappa shape index (κ3) is 5.74. The third-order valence-corrected chi connectivity index (χ3v) is 5.44. The van der Waals surface area contributed by atoms with Crippen molar-refractivity contribution in [2.75, 3.05) is 19.0 Å². The average molecular weight is 458 g/mol. The molecule has 0 fully saturated rings. The van der Waals surface area contributed by atoms with Crippen LogP contribution in [0.3, 0.4) is 0 Å². The normalized spacial score (nSPS) is 11.0. The van der Waals surface area contributed by atoms with Gasteiger partial charge in [0, 0.05) is 29.6 Å². The van der Waals surface area contributed by atoms with E-state index in [0.717, 1.165) is 4.47 Å². The summed E-state index contributed by atoms with van der Waals surface area (Å²) in [6.07, 6.45) is -0.165. The molecule has 0 spiro atoms. The highest BCUT2D eigenvalue weighted by molar-refractivity contribution is 9.10. The number of hydrogen-bond acceptors (Lipinski definition) is 6. The standard InChI is InChI=1S/C16H16BrN3O6S/c1-26-15-7-4-12(20(22)23)10-14(15)19-16(21)8-9-18-27(24,25)13-5-2-11(17)3-6-13/h2-7,10,18H,8-9H2,1H3,(H,19,21). The molecule has 11 heteroatoms. The van der Waals surface area contributed by atoms with Crippen LogP contribution in [0.2, 0.25) is 0 Å². The summed E-state index contributed by atoms with van der Waals surface area (Å²) < 4.78 is 32.4. The number of hydrogen-bond donors (Lipinski definition) is 2. The van der Waals surface area contributed by atoms with Gasteiger partial charge in [0.1, 0.15) is 5.75 Å². The fraction of sp³-hybridized carbons (Fsp3) is 0.188. The van der Waals surface area contributed by atoms with Crippen LogP contribution in [0, 0.1) is 10.1 Å². The number of carbonyl (C=O) groups is 1. The molecule has 2 aromatic carbocycles. The Kier molecular flexibility index (Phi) is 6.88. The number of non-ortho nitro benzene ring substituents is 1. The fourth-order valence-electron chi connectivity index (χ4n) is 2.12. The zero-order valence-corrected chi connectivity index (χ0v) is 16.5. The van der Waals surface area contributed by atoms with Crippen LogP contribution in [0.15, 0.2) is 51.8 Å². The second kappa shape index (κ2) is 8.93. The van der Waals surface area contributed by atoms with Crippen molar-refractivity contribution in [2.45, 2.75) is 11.3 Å². The minimum Gasteiger partial charge on any atom is -0.495 e.